The van der Waals surface area contributed by atoms with E-state index in [0.717, 1.165) is 18.6 Å². The van der Waals surface area contributed by atoms with Crippen LogP contribution in [0.2, 0.25) is 0 Å². The van der Waals surface area contributed by atoms with E-state index >= 15 is 0 Å². The van der Waals surface area contributed by atoms with Crippen LogP contribution in [0.5, 0.6) is 0 Å². The molecule has 124 valence electrons. The van der Waals surface area contributed by atoms with Crippen molar-refractivity contribution < 1.29 is 9.21 Å². The van der Waals surface area contributed by atoms with Gasteiger partial charge in [0.25, 0.3) is 0 Å². The Morgan fingerprint density at radius 3 is 2.68 bits per heavy atom. The van der Waals surface area contributed by atoms with Crippen molar-refractivity contribution in [2.75, 3.05) is 6.54 Å². The third kappa shape index (κ3) is 7.67. The Hall–Kier alpha value is -1.25. The van der Waals surface area contributed by atoms with Gasteiger partial charge in [-0.15, -0.1) is 24.0 Å². The average Bonchev–Trinajstić information content (AvgIpc) is 3.03. The standard InChI is InChI=1S/C15H24N4O2.HI/c1-15(2,3)19-13(20)10-17-14(18-11-6-7-11)16-9-12-5-4-8-21-12;/h4-5,8,11H,6-7,9-10H2,1-3H3,(H,19,20)(H2,16,17,18);1H. The highest BCUT2D eigenvalue weighted by Crippen LogP contribution is 2.18. The van der Waals surface area contributed by atoms with Crippen LogP contribution in [0, 0.1) is 0 Å². The number of carbonyl (C=O) groups is 1. The lowest BCUT2D eigenvalue weighted by Crippen LogP contribution is -2.43. The molecule has 0 atom stereocenters. The smallest absolute Gasteiger partial charge is 0.242 e. The molecule has 1 aliphatic carbocycles. The van der Waals surface area contributed by atoms with Crippen LogP contribution in [-0.2, 0) is 11.3 Å². The summed E-state index contributed by atoms with van der Waals surface area (Å²) in [5.74, 6) is 1.40. The van der Waals surface area contributed by atoms with Crippen LogP contribution in [0.15, 0.2) is 27.8 Å². The van der Waals surface area contributed by atoms with Gasteiger partial charge in [-0.05, 0) is 45.7 Å². The fourth-order valence-corrected chi connectivity index (χ4v) is 1.77. The summed E-state index contributed by atoms with van der Waals surface area (Å²) >= 11 is 0. The van der Waals surface area contributed by atoms with Gasteiger partial charge < -0.3 is 20.4 Å². The van der Waals surface area contributed by atoms with E-state index in [4.69, 9.17) is 4.42 Å². The van der Waals surface area contributed by atoms with Crippen molar-refractivity contribution in [2.45, 2.75) is 51.7 Å². The summed E-state index contributed by atoms with van der Waals surface area (Å²) in [4.78, 5) is 16.1. The van der Waals surface area contributed by atoms with Gasteiger partial charge >= 0.3 is 0 Å². The van der Waals surface area contributed by atoms with E-state index < -0.39 is 0 Å². The molecule has 0 radical (unpaired) electrons. The monoisotopic (exact) mass is 420 g/mol. The molecule has 2 rings (SSSR count). The van der Waals surface area contributed by atoms with Crippen LogP contribution in [0.1, 0.15) is 39.4 Å². The first-order valence-corrected chi connectivity index (χ1v) is 7.30. The summed E-state index contributed by atoms with van der Waals surface area (Å²) in [7, 11) is 0. The second-order valence-corrected chi connectivity index (χ2v) is 6.31. The maximum absolute atomic E-state index is 11.8. The molecular weight excluding hydrogens is 395 g/mol. The lowest BCUT2D eigenvalue weighted by Gasteiger charge is -2.20. The molecule has 1 saturated carbocycles. The van der Waals surface area contributed by atoms with Gasteiger partial charge in [0, 0.05) is 11.6 Å². The summed E-state index contributed by atoms with van der Waals surface area (Å²) in [6, 6.07) is 4.21. The zero-order valence-corrected chi connectivity index (χ0v) is 15.6. The van der Waals surface area contributed by atoms with Gasteiger partial charge in [-0.3, -0.25) is 4.79 Å². The molecule has 3 N–H and O–H groups in total. The van der Waals surface area contributed by atoms with E-state index in [9.17, 15) is 4.79 Å². The number of nitrogens with one attached hydrogen (secondary N) is 3. The number of amides is 1. The van der Waals surface area contributed by atoms with Gasteiger partial charge in [0.2, 0.25) is 5.91 Å². The van der Waals surface area contributed by atoms with Crippen LogP contribution in [0.3, 0.4) is 0 Å². The molecule has 0 saturated heterocycles. The molecule has 7 heteroatoms. The molecule has 0 unspecified atom stereocenters. The van der Waals surface area contributed by atoms with Gasteiger partial charge in [0.15, 0.2) is 5.96 Å². The van der Waals surface area contributed by atoms with Crippen LogP contribution >= 0.6 is 24.0 Å². The van der Waals surface area contributed by atoms with Crippen molar-refractivity contribution in [2.24, 2.45) is 4.99 Å². The van der Waals surface area contributed by atoms with Gasteiger partial charge in [-0.2, -0.15) is 0 Å². The van der Waals surface area contributed by atoms with Crippen LogP contribution in [0.25, 0.3) is 0 Å². The molecule has 1 aromatic heterocycles. The molecule has 1 amide bonds. The van der Waals surface area contributed by atoms with Gasteiger partial charge in [-0.1, -0.05) is 0 Å². The lowest BCUT2D eigenvalue weighted by atomic mass is 10.1. The Morgan fingerprint density at radius 2 is 2.14 bits per heavy atom. The Kier molecular flexibility index (Phi) is 7.18. The minimum atomic E-state index is -0.238. The van der Waals surface area contributed by atoms with Crippen molar-refractivity contribution in [1.82, 2.24) is 16.0 Å². The molecule has 1 aliphatic rings. The summed E-state index contributed by atoms with van der Waals surface area (Å²) in [6.07, 6.45) is 3.93. The first kappa shape index (κ1) is 18.8. The first-order chi connectivity index (χ1) is 9.92. The summed E-state index contributed by atoms with van der Waals surface area (Å²) in [5.41, 5.74) is -0.238. The average molecular weight is 420 g/mol. The fraction of sp³-hybridized carbons (Fsp3) is 0.600. The van der Waals surface area contributed by atoms with Crippen molar-refractivity contribution in [3.8, 4) is 0 Å². The molecular formula is C15H25IN4O2. The lowest BCUT2D eigenvalue weighted by molar-refractivity contribution is -0.121. The zero-order valence-electron chi connectivity index (χ0n) is 13.3. The van der Waals surface area contributed by atoms with Crippen LogP contribution < -0.4 is 16.0 Å². The molecule has 0 aliphatic heterocycles. The van der Waals surface area contributed by atoms with Gasteiger partial charge in [0.1, 0.15) is 12.3 Å². The molecule has 0 bridgehead atoms. The van der Waals surface area contributed by atoms with E-state index in [0.29, 0.717) is 18.5 Å². The number of carbonyl (C=O) groups excluding carboxylic acids is 1. The summed E-state index contributed by atoms with van der Waals surface area (Å²) < 4.78 is 5.27. The third-order valence-electron chi connectivity index (χ3n) is 2.82. The molecule has 6 nitrogen and oxygen atoms in total. The van der Waals surface area contributed by atoms with E-state index in [2.05, 4.69) is 20.9 Å². The number of guanidine groups is 1. The molecule has 1 aromatic rings. The van der Waals surface area contributed by atoms with Gasteiger partial charge in [-0.25, -0.2) is 4.99 Å². The van der Waals surface area contributed by atoms with Crippen molar-refractivity contribution in [3.63, 3.8) is 0 Å². The fourth-order valence-electron chi connectivity index (χ4n) is 1.77. The van der Waals surface area contributed by atoms with E-state index in [1.165, 1.54) is 0 Å². The van der Waals surface area contributed by atoms with E-state index in [1.54, 1.807) is 6.26 Å². The molecule has 1 heterocycles. The summed E-state index contributed by atoms with van der Waals surface area (Å²) in [6.45, 7) is 6.51. The number of hydrogen-bond acceptors (Lipinski definition) is 3. The number of aliphatic imine (C=N–C) groups is 1. The highest BCUT2D eigenvalue weighted by molar-refractivity contribution is 14.0. The topological polar surface area (TPSA) is 78.7 Å². The van der Waals surface area contributed by atoms with Crippen LogP contribution in [0.4, 0.5) is 0 Å². The number of nitrogens with zero attached hydrogens (tertiary/aromatic N) is 1. The van der Waals surface area contributed by atoms with Gasteiger partial charge in [0.05, 0.1) is 12.8 Å². The Labute approximate surface area is 148 Å². The van der Waals surface area contributed by atoms with E-state index in [1.807, 2.05) is 32.9 Å². The molecule has 0 aromatic carbocycles. The summed E-state index contributed by atoms with van der Waals surface area (Å²) in [5, 5.41) is 9.36. The maximum atomic E-state index is 11.8. The second-order valence-electron chi connectivity index (χ2n) is 6.31. The SMILES string of the molecule is CC(C)(C)NC(=O)CN=C(NCc1ccco1)NC1CC1.I. The minimum Gasteiger partial charge on any atom is -0.467 e. The number of hydrogen-bond donors (Lipinski definition) is 3. The Bertz CT molecular complexity index is 490. The molecule has 1 fully saturated rings. The highest BCUT2D eigenvalue weighted by atomic mass is 127. The molecule has 22 heavy (non-hydrogen) atoms. The second kappa shape index (κ2) is 8.40. The quantitative estimate of drug-likeness (QED) is 0.387. The number of furan rings is 1. The van der Waals surface area contributed by atoms with Crippen molar-refractivity contribution >= 4 is 35.8 Å². The van der Waals surface area contributed by atoms with E-state index in [-0.39, 0.29) is 42.0 Å². The molecule has 0 spiro atoms. The van der Waals surface area contributed by atoms with Crippen molar-refractivity contribution in [3.05, 3.63) is 24.2 Å². The predicted molar refractivity (Wildman–Crippen MR) is 97.3 cm³/mol. The maximum Gasteiger partial charge on any atom is 0.242 e. The van der Waals surface area contributed by atoms with Crippen molar-refractivity contribution in [1.29, 1.82) is 0 Å². The third-order valence-corrected chi connectivity index (χ3v) is 2.82. The first-order valence-electron chi connectivity index (χ1n) is 7.30. The number of halogens is 1. The Morgan fingerprint density at radius 1 is 1.41 bits per heavy atom. The highest BCUT2D eigenvalue weighted by Gasteiger charge is 2.22. The number of rotatable bonds is 5. The predicted octanol–water partition coefficient (Wildman–Crippen LogP) is 2.01. The van der Waals surface area contributed by atoms with Crippen LogP contribution in [-0.4, -0.2) is 30.0 Å². The minimum absolute atomic E-state index is 0. The normalized spacial score (nSPS) is 15.0. The zero-order chi connectivity index (χ0) is 15.3. The Balaban J connectivity index is 0.00000242. The largest absolute Gasteiger partial charge is 0.467 e.